The molecule has 15 heteroatoms. The maximum Gasteiger partial charge on any atom is 0.326 e. The second-order valence-electron chi connectivity index (χ2n) is 13.3. The van der Waals surface area contributed by atoms with Crippen molar-refractivity contribution in [3.05, 3.63) is 65.9 Å². The molecule has 1 aromatic heterocycles. The van der Waals surface area contributed by atoms with Crippen LogP contribution >= 0.6 is 0 Å². The number of rotatable bonds is 13. The summed E-state index contributed by atoms with van der Waals surface area (Å²) in [6, 6.07) is 7.83. The summed E-state index contributed by atoms with van der Waals surface area (Å²) in [4.78, 5) is 84.2. The van der Waals surface area contributed by atoms with Gasteiger partial charge in [-0.2, -0.15) is 0 Å². The summed E-state index contributed by atoms with van der Waals surface area (Å²) in [6.45, 7) is 3.42. The van der Waals surface area contributed by atoms with Crippen LogP contribution in [0.15, 0.2) is 54.7 Å². The molecule has 2 aliphatic heterocycles. The molecular weight excluding hydrogens is 658 g/mol. The molecule has 3 aromatic rings. The topological polar surface area (TPSA) is 227 Å². The molecule has 0 radical (unpaired) electrons. The van der Waals surface area contributed by atoms with Crippen molar-refractivity contribution in [1.29, 1.82) is 0 Å². The second kappa shape index (κ2) is 16.1. The van der Waals surface area contributed by atoms with Crippen LogP contribution in [-0.2, 0) is 41.6 Å². The summed E-state index contributed by atoms with van der Waals surface area (Å²) < 4.78 is 0. The number of phenolic OH excluding ortho intramolecular Hbond substituents is 1. The number of carbonyl (C=O) groups is 6. The Morgan fingerprint density at radius 1 is 0.824 bits per heavy atom. The van der Waals surface area contributed by atoms with Gasteiger partial charge < -0.3 is 46.7 Å². The molecule has 15 nitrogen and oxygen atoms in total. The van der Waals surface area contributed by atoms with E-state index in [0.717, 1.165) is 16.5 Å². The minimum absolute atomic E-state index is 0.0418. The summed E-state index contributed by atoms with van der Waals surface area (Å²) in [5.41, 5.74) is 8.76. The number of H-pyrrole nitrogens is 1. The first-order valence-electron chi connectivity index (χ1n) is 17.2. The number of hydrogen-bond donors (Lipinski definition) is 7. The van der Waals surface area contributed by atoms with Crippen molar-refractivity contribution in [3.8, 4) is 5.75 Å². The molecule has 8 N–H and O–H groups in total. The highest BCUT2D eigenvalue weighted by atomic mass is 16.4. The number of aromatic hydroxyl groups is 1. The van der Waals surface area contributed by atoms with E-state index < -0.39 is 71.8 Å². The third kappa shape index (κ3) is 8.66. The van der Waals surface area contributed by atoms with Crippen LogP contribution < -0.4 is 21.7 Å². The average molecular weight is 704 g/mol. The molecule has 5 rings (SSSR count). The predicted octanol–water partition coefficient (Wildman–Crippen LogP) is 0.547. The lowest BCUT2D eigenvalue weighted by atomic mass is 10.0. The largest absolute Gasteiger partial charge is 0.508 e. The Bertz CT molecular complexity index is 1780. The number of carbonyl (C=O) groups excluding carboxylic acids is 5. The van der Waals surface area contributed by atoms with E-state index in [2.05, 4.69) is 20.9 Å². The first kappa shape index (κ1) is 36.8. The third-order valence-electron chi connectivity index (χ3n) is 9.58. The number of benzene rings is 2. The zero-order valence-corrected chi connectivity index (χ0v) is 28.6. The molecule has 2 saturated heterocycles. The minimum Gasteiger partial charge on any atom is -0.508 e. The zero-order valence-electron chi connectivity index (χ0n) is 28.6. The van der Waals surface area contributed by atoms with Gasteiger partial charge in [0, 0.05) is 36.6 Å². The maximum atomic E-state index is 14.1. The number of fused-ring (bicyclic) bond motifs is 1. The van der Waals surface area contributed by atoms with Gasteiger partial charge in [-0.3, -0.25) is 24.0 Å². The van der Waals surface area contributed by atoms with Crippen LogP contribution in [0.2, 0.25) is 0 Å². The SMILES string of the molecule is C[C@H](NC(=O)[C@@H]1CCCN1C(=O)[C@H](Cc1ccc(O)cc1)NC(=O)[C@@H](N)Cc1c[nH]c2ccccc12)C(=O)N[C@@H](C)C(=O)N1CCC[C@H]1C(=O)O. The molecule has 2 aliphatic rings. The number of aromatic nitrogens is 1. The standard InChI is InChI=1S/C36H45N7O8/c1-20(31(45)40-21(2)34(48)43-16-6-10-30(43)36(50)51)39-33(47)29-9-5-15-42(29)35(49)28(17-22-11-13-24(44)14-12-22)41-32(46)26(37)18-23-19-38-27-8-4-3-7-25(23)27/h3-4,7-8,11-14,19-21,26,28-30,38,44H,5-6,9-10,15-18,37H2,1-2H3,(H,39,47)(H,40,45)(H,41,46)(H,50,51)/t20-,21-,26-,28-,29-,30-/m0/s1. The highest BCUT2D eigenvalue weighted by Gasteiger charge is 2.40. The smallest absolute Gasteiger partial charge is 0.326 e. The summed E-state index contributed by atoms with van der Waals surface area (Å²) in [5.74, 6) is -3.85. The van der Waals surface area contributed by atoms with Crippen molar-refractivity contribution >= 4 is 46.4 Å². The van der Waals surface area contributed by atoms with Crippen LogP contribution in [0.4, 0.5) is 0 Å². The lowest BCUT2D eigenvalue weighted by Gasteiger charge is -2.30. The Kier molecular flexibility index (Phi) is 11.6. The number of nitrogens with one attached hydrogen (secondary N) is 4. The molecule has 0 aliphatic carbocycles. The van der Waals surface area contributed by atoms with E-state index in [1.807, 2.05) is 24.3 Å². The Labute approximate surface area is 294 Å². The van der Waals surface area contributed by atoms with Gasteiger partial charge in [0.05, 0.1) is 6.04 Å². The number of para-hydroxylation sites is 1. The Morgan fingerprint density at radius 3 is 2.16 bits per heavy atom. The summed E-state index contributed by atoms with van der Waals surface area (Å²) in [7, 11) is 0. The van der Waals surface area contributed by atoms with Crippen LogP contribution in [0, 0.1) is 0 Å². The monoisotopic (exact) mass is 703 g/mol. The molecule has 5 amide bonds. The fourth-order valence-electron chi connectivity index (χ4n) is 6.79. The lowest BCUT2D eigenvalue weighted by Crippen LogP contribution is -2.58. The van der Waals surface area contributed by atoms with Crippen molar-refractivity contribution < 1.29 is 39.0 Å². The van der Waals surface area contributed by atoms with Gasteiger partial charge in [0.1, 0.15) is 36.0 Å². The first-order chi connectivity index (χ1) is 24.3. The highest BCUT2D eigenvalue weighted by Crippen LogP contribution is 2.22. The fraction of sp³-hybridized carbons (Fsp3) is 0.444. The molecular formula is C36H45N7O8. The van der Waals surface area contributed by atoms with Crippen molar-refractivity contribution in [2.75, 3.05) is 13.1 Å². The number of nitrogens with zero attached hydrogens (tertiary/aromatic N) is 2. The van der Waals surface area contributed by atoms with Crippen LogP contribution in [0.25, 0.3) is 10.9 Å². The zero-order chi connectivity index (χ0) is 36.8. The Morgan fingerprint density at radius 2 is 1.47 bits per heavy atom. The van der Waals surface area contributed by atoms with Crippen molar-refractivity contribution in [2.45, 2.75) is 88.6 Å². The molecule has 0 unspecified atom stereocenters. The van der Waals surface area contributed by atoms with Gasteiger partial charge in [-0.15, -0.1) is 0 Å². The molecule has 2 fully saturated rings. The third-order valence-corrected chi connectivity index (χ3v) is 9.58. The first-order valence-corrected chi connectivity index (χ1v) is 17.2. The van der Waals surface area contributed by atoms with Gasteiger partial charge in [0.15, 0.2) is 0 Å². The van der Waals surface area contributed by atoms with Gasteiger partial charge in [-0.05, 0) is 75.3 Å². The molecule has 272 valence electrons. The van der Waals surface area contributed by atoms with Crippen LogP contribution in [0.5, 0.6) is 5.75 Å². The van der Waals surface area contributed by atoms with Crippen LogP contribution in [-0.4, -0.2) is 110 Å². The number of phenols is 1. The van der Waals surface area contributed by atoms with E-state index in [-0.39, 0.29) is 31.7 Å². The Balaban J connectivity index is 1.23. The molecule has 3 heterocycles. The van der Waals surface area contributed by atoms with Crippen LogP contribution in [0.1, 0.15) is 50.7 Å². The molecule has 2 aromatic carbocycles. The molecule has 0 spiro atoms. The molecule has 0 saturated carbocycles. The van der Waals surface area contributed by atoms with E-state index in [9.17, 15) is 39.0 Å². The summed E-state index contributed by atoms with van der Waals surface area (Å²) >= 11 is 0. The maximum absolute atomic E-state index is 14.1. The average Bonchev–Trinajstić information content (AvgIpc) is 3.89. The van der Waals surface area contributed by atoms with E-state index >= 15 is 0 Å². The van der Waals surface area contributed by atoms with Gasteiger partial charge >= 0.3 is 5.97 Å². The Hall–Kier alpha value is -5.44. The number of aromatic amines is 1. The number of carboxylic acid groups (broad SMARTS) is 1. The second-order valence-corrected chi connectivity index (χ2v) is 13.3. The van der Waals surface area contributed by atoms with Gasteiger partial charge in [0.2, 0.25) is 29.5 Å². The number of amides is 5. The lowest BCUT2D eigenvalue weighted by molar-refractivity contribution is -0.149. The quantitative estimate of drug-likeness (QED) is 0.132. The summed E-state index contributed by atoms with van der Waals surface area (Å²) in [5, 5.41) is 28.1. The van der Waals surface area contributed by atoms with Gasteiger partial charge in [0.25, 0.3) is 0 Å². The number of hydrogen-bond acceptors (Lipinski definition) is 8. The van der Waals surface area contributed by atoms with Crippen molar-refractivity contribution in [2.24, 2.45) is 5.73 Å². The van der Waals surface area contributed by atoms with Crippen LogP contribution in [0.3, 0.4) is 0 Å². The molecule has 51 heavy (non-hydrogen) atoms. The highest BCUT2D eigenvalue weighted by molar-refractivity contribution is 5.96. The minimum atomic E-state index is -1.10. The van der Waals surface area contributed by atoms with Gasteiger partial charge in [-0.1, -0.05) is 30.3 Å². The normalized spacial score (nSPS) is 19.6. The molecule has 0 bridgehead atoms. The number of nitrogens with two attached hydrogens (primary N) is 1. The molecule has 6 atom stereocenters. The van der Waals surface area contributed by atoms with Crippen molar-refractivity contribution in [3.63, 3.8) is 0 Å². The summed E-state index contributed by atoms with van der Waals surface area (Å²) in [6.07, 6.45) is 3.80. The fourth-order valence-corrected chi connectivity index (χ4v) is 6.79. The number of carboxylic acids is 1. The number of likely N-dealkylation sites (tertiary alicyclic amines) is 2. The van der Waals surface area contributed by atoms with E-state index in [4.69, 9.17) is 5.73 Å². The van der Waals surface area contributed by atoms with Crippen molar-refractivity contribution in [1.82, 2.24) is 30.7 Å². The predicted molar refractivity (Wildman–Crippen MR) is 186 cm³/mol. The van der Waals surface area contributed by atoms with E-state index in [1.165, 1.54) is 35.8 Å². The van der Waals surface area contributed by atoms with E-state index in [0.29, 0.717) is 31.2 Å². The van der Waals surface area contributed by atoms with Gasteiger partial charge in [-0.25, -0.2) is 4.79 Å². The van der Waals surface area contributed by atoms with E-state index in [1.54, 1.807) is 18.3 Å². The number of aliphatic carboxylic acids is 1.